The van der Waals surface area contributed by atoms with Crippen molar-refractivity contribution in [1.29, 1.82) is 0 Å². The summed E-state index contributed by atoms with van der Waals surface area (Å²) in [6.07, 6.45) is 0. The molecule has 4 heterocycles. The molecule has 2 aromatic heterocycles. The molecule has 168 valence electrons. The van der Waals surface area contributed by atoms with Crippen LogP contribution >= 0.6 is 11.3 Å². The summed E-state index contributed by atoms with van der Waals surface area (Å²) in [7, 11) is 0. The van der Waals surface area contributed by atoms with Crippen molar-refractivity contribution in [3.63, 3.8) is 0 Å². The first-order valence-electron chi connectivity index (χ1n) is 10.9. The molecule has 10 heteroatoms. The minimum absolute atomic E-state index is 0.0591. The van der Waals surface area contributed by atoms with E-state index in [2.05, 4.69) is 9.88 Å². The molecule has 0 radical (unpaired) electrons. The Labute approximate surface area is 190 Å². The summed E-state index contributed by atoms with van der Waals surface area (Å²) < 4.78 is 7.28. The van der Waals surface area contributed by atoms with Crippen molar-refractivity contribution < 1.29 is 14.3 Å². The quantitative estimate of drug-likeness (QED) is 0.575. The average Bonchev–Trinajstić information content (AvgIpc) is 3.48. The van der Waals surface area contributed by atoms with Crippen LogP contribution in [0.15, 0.2) is 35.2 Å². The van der Waals surface area contributed by atoms with E-state index in [0.29, 0.717) is 59.0 Å². The first-order chi connectivity index (χ1) is 15.7. The van der Waals surface area contributed by atoms with Crippen LogP contribution in [-0.2, 0) is 20.9 Å². The Morgan fingerprint density at radius 1 is 0.938 bits per heavy atom. The molecule has 2 aliphatic rings. The monoisotopic (exact) mass is 454 g/mol. The largest absolute Gasteiger partial charge is 0.378 e. The lowest BCUT2D eigenvalue weighted by Gasteiger charge is -2.36. The van der Waals surface area contributed by atoms with Crippen LogP contribution in [0.25, 0.3) is 22.6 Å². The summed E-state index contributed by atoms with van der Waals surface area (Å²) in [5, 5.41) is 1.95. The Hall–Kier alpha value is -2.82. The fourth-order valence-corrected chi connectivity index (χ4v) is 4.78. The van der Waals surface area contributed by atoms with Crippen LogP contribution in [-0.4, -0.2) is 100 Å². The normalized spacial score (nSPS) is 17.8. The van der Waals surface area contributed by atoms with Crippen molar-refractivity contribution in [2.45, 2.75) is 6.54 Å². The molecular weight excluding hydrogens is 428 g/mol. The molecule has 2 fully saturated rings. The molecule has 32 heavy (non-hydrogen) atoms. The van der Waals surface area contributed by atoms with E-state index in [9.17, 15) is 9.59 Å². The molecule has 0 saturated carbocycles. The molecule has 1 aromatic carbocycles. The molecule has 0 unspecified atom stereocenters. The third-order valence-electron chi connectivity index (χ3n) is 6.06. The zero-order valence-electron chi connectivity index (χ0n) is 17.9. The number of carbonyl (C=O) groups is 2. The van der Waals surface area contributed by atoms with Gasteiger partial charge in [-0.25, -0.2) is 9.97 Å². The predicted octanol–water partition coefficient (Wildman–Crippen LogP) is 1.16. The van der Waals surface area contributed by atoms with E-state index in [1.165, 1.54) is 11.3 Å². The molecule has 9 nitrogen and oxygen atoms in total. The van der Waals surface area contributed by atoms with Crippen LogP contribution in [0.3, 0.4) is 0 Å². The number of nitrogens with zero attached hydrogens (tertiary/aromatic N) is 6. The van der Waals surface area contributed by atoms with E-state index >= 15 is 0 Å². The molecule has 0 bridgehead atoms. The minimum Gasteiger partial charge on any atom is -0.378 e. The van der Waals surface area contributed by atoms with Crippen LogP contribution in [0.1, 0.15) is 0 Å². The average molecular weight is 455 g/mol. The van der Waals surface area contributed by atoms with Gasteiger partial charge in [0.1, 0.15) is 12.2 Å². The Morgan fingerprint density at radius 2 is 1.66 bits per heavy atom. The number of piperazine rings is 1. The first kappa shape index (κ1) is 21.0. The number of fused-ring (bicyclic) bond motifs is 1. The summed E-state index contributed by atoms with van der Waals surface area (Å²) in [6.45, 7) is 5.81. The first-order valence-corrected chi connectivity index (χ1v) is 11.8. The number of amides is 2. The zero-order valence-corrected chi connectivity index (χ0v) is 18.7. The summed E-state index contributed by atoms with van der Waals surface area (Å²) >= 11 is 1.51. The number of hydrogen-bond donors (Lipinski definition) is 0. The number of rotatable bonds is 5. The number of thiazole rings is 1. The number of aromatic nitrogens is 3. The maximum atomic E-state index is 13.2. The van der Waals surface area contributed by atoms with E-state index in [4.69, 9.17) is 9.72 Å². The highest BCUT2D eigenvalue weighted by molar-refractivity contribution is 7.07. The highest BCUT2D eigenvalue weighted by Crippen LogP contribution is 2.25. The Kier molecular flexibility index (Phi) is 6.15. The number of hydrogen-bond acceptors (Lipinski definition) is 7. The van der Waals surface area contributed by atoms with Gasteiger partial charge in [0.15, 0.2) is 5.82 Å². The second kappa shape index (κ2) is 9.35. The van der Waals surface area contributed by atoms with Crippen molar-refractivity contribution in [2.24, 2.45) is 0 Å². The summed E-state index contributed by atoms with van der Waals surface area (Å²) in [4.78, 5) is 40.7. The molecule has 2 saturated heterocycles. The number of morpholine rings is 1. The van der Waals surface area contributed by atoms with Gasteiger partial charge in [-0.05, 0) is 12.1 Å². The smallest absolute Gasteiger partial charge is 0.242 e. The van der Waals surface area contributed by atoms with Gasteiger partial charge in [-0.3, -0.25) is 14.5 Å². The SMILES string of the molecule is O=C(CN1CCN(C(=O)Cn2c(-c3cscn3)nc3ccccc32)CC1)N1CCOCC1. The predicted molar refractivity (Wildman–Crippen MR) is 121 cm³/mol. The van der Waals surface area contributed by atoms with E-state index in [1.807, 2.05) is 44.0 Å². The highest BCUT2D eigenvalue weighted by Gasteiger charge is 2.26. The lowest BCUT2D eigenvalue weighted by molar-refractivity contribution is -0.138. The number of para-hydroxylation sites is 2. The van der Waals surface area contributed by atoms with Gasteiger partial charge in [0, 0.05) is 44.6 Å². The molecule has 2 amide bonds. The molecule has 2 aliphatic heterocycles. The minimum atomic E-state index is 0.0591. The Balaban J connectivity index is 1.23. The molecule has 0 aliphatic carbocycles. The molecule has 0 atom stereocenters. The molecule has 0 spiro atoms. The fourth-order valence-electron chi connectivity index (χ4n) is 4.25. The number of benzene rings is 1. The van der Waals surface area contributed by atoms with Crippen LogP contribution in [0.2, 0.25) is 0 Å². The van der Waals surface area contributed by atoms with E-state index in [-0.39, 0.29) is 18.4 Å². The summed E-state index contributed by atoms with van der Waals surface area (Å²) in [6, 6.07) is 7.85. The summed E-state index contributed by atoms with van der Waals surface area (Å²) in [5.74, 6) is 0.921. The number of ether oxygens (including phenoxy) is 1. The van der Waals surface area contributed by atoms with Gasteiger partial charge in [-0.15, -0.1) is 11.3 Å². The van der Waals surface area contributed by atoms with Gasteiger partial charge in [-0.2, -0.15) is 0 Å². The van der Waals surface area contributed by atoms with E-state index in [1.54, 1.807) is 5.51 Å². The molecule has 0 N–H and O–H groups in total. The lowest BCUT2D eigenvalue weighted by Crippen LogP contribution is -2.53. The van der Waals surface area contributed by atoms with E-state index in [0.717, 1.165) is 22.6 Å². The van der Waals surface area contributed by atoms with Crippen LogP contribution in [0.4, 0.5) is 0 Å². The second-order valence-electron chi connectivity index (χ2n) is 8.03. The fraction of sp³-hybridized carbons (Fsp3) is 0.455. The zero-order chi connectivity index (χ0) is 21.9. The second-order valence-corrected chi connectivity index (χ2v) is 8.75. The Morgan fingerprint density at radius 3 is 2.41 bits per heavy atom. The van der Waals surface area contributed by atoms with Gasteiger partial charge in [0.2, 0.25) is 11.8 Å². The number of carbonyl (C=O) groups excluding carboxylic acids is 2. The topological polar surface area (TPSA) is 83.8 Å². The van der Waals surface area contributed by atoms with Gasteiger partial charge in [0.05, 0.1) is 36.3 Å². The van der Waals surface area contributed by atoms with Crippen LogP contribution in [0.5, 0.6) is 0 Å². The summed E-state index contributed by atoms with van der Waals surface area (Å²) in [5.41, 5.74) is 4.34. The van der Waals surface area contributed by atoms with Gasteiger partial charge >= 0.3 is 0 Å². The molecule has 5 rings (SSSR count). The third kappa shape index (κ3) is 4.38. The molecule has 3 aromatic rings. The van der Waals surface area contributed by atoms with Gasteiger partial charge in [-0.1, -0.05) is 12.1 Å². The van der Waals surface area contributed by atoms with E-state index < -0.39 is 0 Å². The van der Waals surface area contributed by atoms with Crippen molar-refractivity contribution in [3.05, 3.63) is 35.2 Å². The maximum Gasteiger partial charge on any atom is 0.242 e. The van der Waals surface area contributed by atoms with Crippen molar-refractivity contribution in [1.82, 2.24) is 29.2 Å². The van der Waals surface area contributed by atoms with Crippen molar-refractivity contribution in [3.8, 4) is 11.5 Å². The standard InChI is InChI=1S/C22H26N6O3S/c29-20(27-9-11-31-12-10-27)13-25-5-7-26(8-6-25)21(30)14-28-19-4-2-1-3-17(19)24-22(28)18-15-32-16-23-18/h1-4,15-16H,5-14H2. The van der Waals surface area contributed by atoms with Crippen LogP contribution < -0.4 is 0 Å². The van der Waals surface area contributed by atoms with Gasteiger partial charge in [0.25, 0.3) is 0 Å². The lowest BCUT2D eigenvalue weighted by atomic mass is 10.2. The highest BCUT2D eigenvalue weighted by atomic mass is 32.1. The van der Waals surface area contributed by atoms with Crippen molar-refractivity contribution in [2.75, 3.05) is 59.0 Å². The van der Waals surface area contributed by atoms with Crippen LogP contribution in [0, 0.1) is 0 Å². The van der Waals surface area contributed by atoms with Gasteiger partial charge < -0.3 is 19.1 Å². The maximum absolute atomic E-state index is 13.2. The Bertz CT molecular complexity index is 1080. The number of imidazole rings is 1. The van der Waals surface area contributed by atoms with Crippen molar-refractivity contribution >= 4 is 34.2 Å². The third-order valence-corrected chi connectivity index (χ3v) is 6.64. The molecular formula is C22H26N6O3S.